The molecule has 0 saturated heterocycles. The monoisotopic (exact) mass is 272 g/mol. The van der Waals surface area contributed by atoms with Gasteiger partial charge in [0.15, 0.2) is 0 Å². The average Bonchev–Trinajstić information content (AvgIpc) is 2.47. The molecule has 0 bridgehead atoms. The third kappa shape index (κ3) is 3.27. The highest BCUT2D eigenvalue weighted by atomic mass is 16.3. The molecule has 1 heterocycles. The number of aryl methyl sites for hydroxylation is 1. The summed E-state index contributed by atoms with van der Waals surface area (Å²) in [5, 5.41) is 22.7. The van der Waals surface area contributed by atoms with Crippen molar-refractivity contribution in [3.8, 4) is 11.5 Å². The van der Waals surface area contributed by atoms with Gasteiger partial charge in [-0.3, -0.25) is 4.98 Å². The molecule has 0 aliphatic carbocycles. The number of phenols is 2. The zero-order chi connectivity index (χ0) is 14.5. The normalized spacial score (nSPS) is 12.3. The number of pyridine rings is 1. The predicted molar refractivity (Wildman–Crippen MR) is 78.6 cm³/mol. The zero-order valence-electron chi connectivity index (χ0n) is 11.8. The second kappa shape index (κ2) is 6.39. The molecule has 0 aliphatic heterocycles. The quantitative estimate of drug-likeness (QED) is 0.732. The van der Waals surface area contributed by atoms with Crippen molar-refractivity contribution in [2.75, 3.05) is 0 Å². The highest BCUT2D eigenvalue weighted by Crippen LogP contribution is 2.27. The van der Waals surface area contributed by atoms with E-state index < -0.39 is 0 Å². The molecule has 3 N–H and O–H groups in total. The Balaban J connectivity index is 2.08. The number of hydrogen-bond acceptors (Lipinski definition) is 4. The Hall–Kier alpha value is -2.07. The minimum Gasteiger partial charge on any atom is -0.508 e. The summed E-state index contributed by atoms with van der Waals surface area (Å²) in [4.78, 5) is 4.38. The standard InChI is InChI=1S/C16H20N2O2/c1-3-12-5-4-8-17-15(12)10-18-11(2)14-9-13(19)6-7-16(14)20/h4-9,11,18-20H,3,10H2,1-2H3. The maximum atomic E-state index is 9.84. The average molecular weight is 272 g/mol. The lowest BCUT2D eigenvalue weighted by Gasteiger charge is -2.16. The van der Waals surface area contributed by atoms with Crippen LogP contribution in [0.2, 0.25) is 0 Å². The lowest BCUT2D eigenvalue weighted by molar-refractivity contribution is 0.440. The number of hydrogen-bond donors (Lipinski definition) is 3. The largest absolute Gasteiger partial charge is 0.508 e. The van der Waals surface area contributed by atoms with Gasteiger partial charge in [-0.2, -0.15) is 0 Å². The van der Waals surface area contributed by atoms with E-state index in [9.17, 15) is 10.2 Å². The SMILES string of the molecule is CCc1cccnc1CNC(C)c1cc(O)ccc1O. The van der Waals surface area contributed by atoms with Gasteiger partial charge in [0.25, 0.3) is 0 Å². The summed E-state index contributed by atoms with van der Waals surface area (Å²) in [6, 6.07) is 8.48. The maximum Gasteiger partial charge on any atom is 0.120 e. The molecule has 1 aromatic heterocycles. The Morgan fingerprint density at radius 3 is 2.80 bits per heavy atom. The maximum absolute atomic E-state index is 9.84. The fourth-order valence-corrected chi connectivity index (χ4v) is 2.20. The van der Waals surface area contributed by atoms with Gasteiger partial charge >= 0.3 is 0 Å². The van der Waals surface area contributed by atoms with Crippen molar-refractivity contribution in [2.24, 2.45) is 0 Å². The van der Waals surface area contributed by atoms with Crippen molar-refractivity contribution in [2.45, 2.75) is 32.9 Å². The Morgan fingerprint density at radius 1 is 1.25 bits per heavy atom. The highest BCUT2D eigenvalue weighted by Gasteiger charge is 2.11. The van der Waals surface area contributed by atoms with Gasteiger partial charge in [-0.05, 0) is 43.2 Å². The number of aromatic hydroxyl groups is 2. The van der Waals surface area contributed by atoms with Crippen molar-refractivity contribution < 1.29 is 10.2 Å². The molecule has 1 atom stereocenters. The van der Waals surface area contributed by atoms with Crippen molar-refractivity contribution in [1.82, 2.24) is 10.3 Å². The Morgan fingerprint density at radius 2 is 2.05 bits per heavy atom. The summed E-state index contributed by atoms with van der Waals surface area (Å²) >= 11 is 0. The molecule has 0 saturated carbocycles. The number of nitrogens with one attached hydrogen (secondary N) is 1. The van der Waals surface area contributed by atoms with Crippen LogP contribution in [-0.4, -0.2) is 15.2 Å². The van der Waals surface area contributed by atoms with Gasteiger partial charge in [0.1, 0.15) is 11.5 Å². The minimum absolute atomic E-state index is 0.0752. The Bertz CT molecular complexity index is 584. The molecule has 4 heteroatoms. The predicted octanol–water partition coefficient (Wildman–Crippen LogP) is 2.91. The number of aromatic nitrogens is 1. The molecule has 0 aliphatic rings. The van der Waals surface area contributed by atoms with Crippen LogP contribution in [0.15, 0.2) is 36.5 Å². The lowest BCUT2D eigenvalue weighted by atomic mass is 10.1. The van der Waals surface area contributed by atoms with E-state index in [1.807, 2.05) is 13.0 Å². The van der Waals surface area contributed by atoms with Crippen molar-refractivity contribution in [3.05, 3.63) is 53.3 Å². The molecule has 4 nitrogen and oxygen atoms in total. The van der Waals surface area contributed by atoms with E-state index in [1.54, 1.807) is 12.3 Å². The zero-order valence-corrected chi connectivity index (χ0v) is 11.8. The van der Waals surface area contributed by atoms with Crippen LogP contribution in [0.25, 0.3) is 0 Å². The van der Waals surface area contributed by atoms with Crippen LogP contribution in [0, 0.1) is 0 Å². The van der Waals surface area contributed by atoms with Crippen molar-refractivity contribution in [3.63, 3.8) is 0 Å². The van der Waals surface area contributed by atoms with Crippen LogP contribution in [-0.2, 0) is 13.0 Å². The topological polar surface area (TPSA) is 65.4 Å². The molecule has 106 valence electrons. The summed E-state index contributed by atoms with van der Waals surface area (Å²) in [6.45, 7) is 4.67. The van der Waals surface area contributed by atoms with E-state index >= 15 is 0 Å². The molecule has 0 radical (unpaired) electrons. The van der Waals surface area contributed by atoms with Gasteiger partial charge in [-0.1, -0.05) is 13.0 Å². The van der Waals surface area contributed by atoms with E-state index in [-0.39, 0.29) is 17.5 Å². The van der Waals surface area contributed by atoms with Crippen LogP contribution < -0.4 is 5.32 Å². The van der Waals surface area contributed by atoms with Gasteiger partial charge < -0.3 is 15.5 Å². The molecule has 20 heavy (non-hydrogen) atoms. The first-order valence-electron chi connectivity index (χ1n) is 6.79. The molecule has 0 spiro atoms. The van der Waals surface area contributed by atoms with E-state index in [2.05, 4.69) is 23.3 Å². The van der Waals surface area contributed by atoms with E-state index in [1.165, 1.54) is 17.7 Å². The summed E-state index contributed by atoms with van der Waals surface area (Å²) in [7, 11) is 0. The summed E-state index contributed by atoms with van der Waals surface area (Å²) in [6.07, 6.45) is 2.73. The number of benzene rings is 1. The highest BCUT2D eigenvalue weighted by molar-refractivity contribution is 5.40. The van der Waals surface area contributed by atoms with Crippen LogP contribution in [0.5, 0.6) is 11.5 Å². The first-order valence-corrected chi connectivity index (χ1v) is 6.79. The van der Waals surface area contributed by atoms with E-state index in [0.717, 1.165) is 12.1 Å². The summed E-state index contributed by atoms with van der Waals surface area (Å²) in [5.41, 5.74) is 2.91. The minimum atomic E-state index is -0.0752. The van der Waals surface area contributed by atoms with Crippen LogP contribution in [0.4, 0.5) is 0 Å². The smallest absolute Gasteiger partial charge is 0.120 e. The first-order chi connectivity index (χ1) is 9.61. The third-order valence-corrected chi connectivity index (χ3v) is 3.42. The molecule has 2 aromatic rings. The second-order valence-electron chi connectivity index (χ2n) is 4.81. The molecular weight excluding hydrogens is 252 g/mol. The molecule has 1 aromatic carbocycles. The van der Waals surface area contributed by atoms with Crippen molar-refractivity contribution >= 4 is 0 Å². The number of rotatable bonds is 5. The molecule has 2 rings (SSSR count). The van der Waals surface area contributed by atoms with Gasteiger partial charge in [0.05, 0.1) is 5.69 Å². The fraction of sp³-hybridized carbons (Fsp3) is 0.312. The van der Waals surface area contributed by atoms with E-state index in [4.69, 9.17) is 0 Å². The number of nitrogens with zero attached hydrogens (tertiary/aromatic N) is 1. The molecule has 0 amide bonds. The van der Waals surface area contributed by atoms with Crippen LogP contribution in [0.3, 0.4) is 0 Å². The summed E-state index contributed by atoms with van der Waals surface area (Å²) < 4.78 is 0. The van der Waals surface area contributed by atoms with Gasteiger partial charge in [-0.15, -0.1) is 0 Å². The van der Waals surface area contributed by atoms with Gasteiger partial charge in [0, 0.05) is 24.3 Å². The Kier molecular flexibility index (Phi) is 4.58. The number of phenolic OH excluding ortho intramolecular Hbond substituents is 2. The lowest BCUT2D eigenvalue weighted by Crippen LogP contribution is -2.19. The first kappa shape index (κ1) is 14.3. The van der Waals surface area contributed by atoms with Crippen molar-refractivity contribution in [1.29, 1.82) is 0 Å². The molecule has 1 unspecified atom stereocenters. The molecular formula is C16H20N2O2. The Labute approximate surface area is 119 Å². The van der Waals surface area contributed by atoms with Gasteiger partial charge in [-0.25, -0.2) is 0 Å². The van der Waals surface area contributed by atoms with Crippen LogP contribution in [0.1, 0.15) is 36.7 Å². The van der Waals surface area contributed by atoms with Gasteiger partial charge in [0.2, 0.25) is 0 Å². The molecule has 0 fully saturated rings. The second-order valence-corrected chi connectivity index (χ2v) is 4.81. The van der Waals surface area contributed by atoms with E-state index in [0.29, 0.717) is 12.1 Å². The third-order valence-electron chi connectivity index (χ3n) is 3.42. The van der Waals surface area contributed by atoms with Crippen LogP contribution >= 0.6 is 0 Å². The summed E-state index contributed by atoms with van der Waals surface area (Å²) in [5.74, 6) is 0.332. The fourth-order valence-electron chi connectivity index (χ4n) is 2.20.